The summed E-state index contributed by atoms with van der Waals surface area (Å²) in [5.74, 6) is 2.93. The van der Waals surface area contributed by atoms with Gasteiger partial charge in [-0.2, -0.15) is 4.98 Å². The molecule has 1 saturated heterocycles. The van der Waals surface area contributed by atoms with Gasteiger partial charge in [0.05, 0.1) is 5.69 Å². The second-order valence-corrected chi connectivity index (χ2v) is 7.00. The van der Waals surface area contributed by atoms with Crippen molar-refractivity contribution < 1.29 is 4.52 Å². The molecule has 1 atom stereocenters. The molecule has 0 bridgehead atoms. The van der Waals surface area contributed by atoms with E-state index in [2.05, 4.69) is 34.4 Å². The number of piperidine rings is 1. The number of hydrogen-bond acceptors (Lipinski definition) is 6. The SMILES string of the molecule is CCC1CCCCN1c1nc(Nc2cc(C)on2)cc(-c2ccccc2)n1. The van der Waals surface area contributed by atoms with E-state index in [9.17, 15) is 0 Å². The summed E-state index contributed by atoms with van der Waals surface area (Å²) in [6.07, 6.45) is 4.75. The van der Waals surface area contributed by atoms with Crippen LogP contribution in [0, 0.1) is 6.92 Å². The molecule has 1 aliphatic rings. The maximum absolute atomic E-state index is 5.17. The zero-order chi connectivity index (χ0) is 18.6. The van der Waals surface area contributed by atoms with Crippen molar-refractivity contribution in [2.24, 2.45) is 0 Å². The molecular formula is C21H25N5O. The standard InChI is InChI=1S/C21H25N5O/c1-3-17-11-7-8-12-26(17)21-22-18(16-9-5-4-6-10-16)14-19(24-21)23-20-13-15(2)27-25-20/h4-6,9-10,13-14,17H,3,7-8,11-12H2,1-2H3,(H,22,23,24,25). The third-order valence-electron chi connectivity index (χ3n) is 5.02. The highest BCUT2D eigenvalue weighted by Gasteiger charge is 2.24. The normalized spacial score (nSPS) is 17.1. The summed E-state index contributed by atoms with van der Waals surface area (Å²) in [7, 11) is 0. The van der Waals surface area contributed by atoms with E-state index in [-0.39, 0.29) is 0 Å². The lowest BCUT2D eigenvalue weighted by Gasteiger charge is -2.35. The third-order valence-corrected chi connectivity index (χ3v) is 5.02. The molecule has 3 heterocycles. The van der Waals surface area contributed by atoms with E-state index in [4.69, 9.17) is 14.5 Å². The van der Waals surface area contributed by atoms with Gasteiger partial charge in [0.25, 0.3) is 0 Å². The van der Waals surface area contributed by atoms with Gasteiger partial charge in [0.15, 0.2) is 5.82 Å². The second kappa shape index (κ2) is 7.78. The van der Waals surface area contributed by atoms with Gasteiger partial charge in [-0.05, 0) is 32.6 Å². The highest BCUT2D eigenvalue weighted by atomic mass is 16.5. The van der Waals surface area contributed by atoms with Crippen LogP contribution in [0.5, 0.6) is 0 Å². The molecule has 4 rings (SSSR count). The number of nitrogens with one attached hydrogen (secondary N) is 1. The van der Waals surface area contributed by atoms with Crippen LogP contribution in [0.3, 0.4) is 0 Å². The third kappa shape index (κ3) is 3.94. The fourth-order valence-electron chi connectivity index (χ4n) is 3.63. The molecule has 3 aromatic rings. The minimum absolute atomic E-state index is 0.493. The van der Waals surface area contributed by atoms with Crippen LogP contribution in [0.4, 0.5) is 17.6 Å². The first kappa shape index (κ1) is 17.5. The first-order chi connectivity index (χ1) is 13.2. The number of hydrogen-bond donors (Lipinski definition) is 1. The summed E-state index contributed by atoms with van der Waals surface area (Å²) in [6, 6.07) is 14.5. The van der Waals surface area contributed by atoms with Crippen molar-refractivity contribution in [2.75, 3.05) is 16.8 Å². The van der Waals surface area contributed by atoms with Crippen molar-refractivity contribution in [3.63, 3.8) is 0 Å². The van der Waals surface area contributed by atoms with Crippen molar-refractivity contribution >= 4 is 17.6 Å². The molecule has 6 nitrogen and oxygen atoms in total. The Morgan fingerprint density at radius 3 is 2.70 bits per heavy atom. The number of aryl methyl sites for hydroxylation is 1. The van der Waals surface area contributed by atoms with Gasteiger partial charge in [-0.25, -0.2) is 4.98 Å². The van der Waals surface area contributed by atoms with E-state index < -0.39 is 0 Å². The van der Waals surface area contributed by atoms with Gasteiger partial charge in [0, 0.05) is 30.3 Å². The lowest BCUT2D eigenvalue weighted by atomic mass is 10.0. The van der Waals surface area contributed by atoms with E-state index >= 15 is 0 Å². The lowest BCUT2D eigenvalue weighted by molar-refractivity contribution is 0.400. The zero-order valence-electron chi connectivity index (χ0n) is 15.9. The van der Waals surface area contributed by atoms with Crippen LogP contribution in [0.25, 0.3) is 11.3 Å². The quantitative estimate of drug-likeness (QED) is 0.691. The van der Waals surface area contributed by atoms with Crippen LogP contribution < -0.4 is 10.2 Å². The fourth-order valence-corrected chi connectivity index (χ4v) is 3.63. The van der Waals surface area contributed by atoms with Crippen molar-refractivity contribution in [1.29, 1.82) is 0 Å². The Morgan fingerprint density at radius 2 is 1.96 bits per heavy atom. The van der Waals surface area contributed by atoms with E-state index in [0.29, 0.717) is 11.9 Å². The molecule has 1 aromatic carbocycles. The maximum atomic E-state index is 5.17. The molecular weight excluding hydrogens is 338 g/mol. The summed E-state index contributed by atoms with van der Waals surface area (Å²) >= 11 is 0. The molecule has 1 unspecified atom stereocenters. The van der Waals surface area contributed by atoms with Crippen LogP contribution in [-0.2, 0) is 0 Å². The summed E-state index contributed by atoms with van der Waals surface area (Å²) in [5.41, 5.74) is 1.98. The number of aromatic nitrogens is 3. The van der Waals surface area contributed by atoms with Crippen LogP contribution in [0.15, 0.2) is 47.0 Å². The fraction of sp³-hybridized carbons (Fsp3) is 0.381. The summed E-state index contributed by atoms with van der Waals surface area (Å²) in [4.78, 5) is 12.1. The minimum atomic E-state index is 0.493. The smallest absolute Gasteiger partial charge is 0.228 e. The molecule has 27 heavy (non-hydrogen) atoms. The summed E-state index contributed by atoms with van der Waals surface area (Å²) in [5, 5.41) is 7.29. The summed E-state index contributed by atoms with van der Waals surface area (Å²) in [6.45, 7) is 5.11. The zero-order valence-corrected chi connectivity index (χ0v) is 15.9. The predicted octanol–water partition coefficient (Wildman–Crippen LogP) is 4.95. The van der Waals surface area contributed by atoms with E-state index in [0.717, 1.165) is 41.7 Å². The lowest BCUT2D eigenvalue weighted by Crippen LogP contribution is -2.40. The largest absolute Gasteiger partial charge is 0.360 e. The second-order valence-electron chi connectivity index (χ2n) is 7.00. The van der Waals surface area contributed by atoms with Crippen molar-refractivity contribution in [3.8, 4) is 11.3 Å². The molecule has 1 N–H and O–H groups in total. The van der Waals surface area contributed by atoms with Gasteiger partial charge in [-0.15, -0.1) is 0 Å². The number of nitrogens with zero attached hydrogens (tertiary/aromatic N) is 4. The van der Waals surface area contributed by atoms with Crippen molar-refractivity contribution in [1.82, 2.24) is 15.1 Å². The molecule has 0 aliphatic carbocycles. The molecule has 0 amide bonds. The molecule has 0 radical (unpaired) electrons. The number of benzene rings is 1. The van der Waals surface area contributed by atoms with Gasteiger partial charge in [-0.3, -0.25) is 0 Å². The van der Waals surface area contributed by atoms with Gasteiger partial charge in [-0.1, -0.05) is 42.4 Å². The molecule has 2 aromatic heterocycles. The average molecular weight is 363 g/mol. The van der Waals surface area contributed by atoms with Crippen LogP contribution >= 0.6 is 0 Å². The van der Waals surface area contributed by atoms with Crippen LogP contribution in [0.1, 0.15) is 38.4 Å². The average Bonchev–Trinajstić information content (AvgIpc) is 3.13. The Morgan fingerprint density at radius 1 is 1.11 bits per heavy atom. The van der Waals surface area contributed by atoms with E-state index in [1.807, 2.05) is 37.3 Å². The first-order valence-electron chi connectivity index (χ1n) is 9.64. The Hall–Kier alpha value is -2.89. The Kier molecular flexibility index (Phi) is 5.05. The minimum Gasteiger partial charge on any atom is -0.360 e. The van der Waals surface area contributed by atoms with Gasteiger partial charge in [0.1, 0.15) is 11.6 Å². The number of rotatable bonds is 5. The van der Waals surface area contributed by atoms with E-state index in [1.165, 1.54) is 19.3 Å². The number of anilines is 3. The molecule has 6 heteroatoms. The molecule has 140 valence electrons. The Bertz CT molecular complexity index is 893. The molecule has 1 aliphatic heterocycles. The topological polar surface area (TPSA) is 67.1 Å². The first-order valence-corrected chi connectivity index (χ1v) is 9.64. The van der Waals surface area contributed by atoms with Gasteiger partial charge < -0.3 is 14.7 Å². The van der Waals surface area contributed by atoms with Crippen molar-refractivity contribution in [2.45, 2.75) is 45.6 Å². The van der Waals surface area contributed by atoms with E-state index in [1.54, 1.807) is 0 Å². The van der Waals surface area contributed by atoms with Crippen LogP contribution in [-0.4, -0.2) is 27.7 Å². The Balaban J connectivity index is 1.74. The molecule has 0 spiro atoms. The van der Waals surface area contributed by atoms with Gasteiger partial charge in [0.2, 0.25) is 5.95 Å². The highest BCUT2D eigenvalue weighted by molar-refractivity contribution is 5.66. The summed E-state index contributed by atoms with van der Waals surface area (Å²) < 4.78 is 5.17. The van der Waals surface area contributed by atoms with Crippen molar-refractivity contribution in [3.05, 3.63) is 48.2 Å². The van der Waals surface area contributed by atoms with Crippen LogP contribution in [0.2, 0.25) is 0 Å². The Labute approximate surface area is 159 Å². The highest BCUT2D eigenvalue weighted by Crippen LogP contribution is 2.29. The predicted molar refractivity (Wildman–Crippen MR) is 107 cm³/mol. The molecule has 0 saturated carbocycles. The monoisotopic (exact) mass is 363 g/mol. The van der Waals surface area contributed by atoms with Gasteiger partial charge >= 0.3 is 0 Å². The maximum Gasteiger partial charge on any atom is 0.228 e. The molecule has 1 fully saturated rings.